The number of nitrogens with zero attached hydrogens (tertiary/aromatic N) is 1. The Kier molecular flexibility index (Phi) is 4.40. The van der Waals surface area contributed by atoms with Crippen LogP contribution in [0.1, 0.15) is 45.2 Å². The predicted molar refractivity (Wildman–Crippen MR) is 60.2 cm³/mol. The van der Waals surface area contributed by atoms with Crippen molar-refractivity contribution in [3.05, 3.63) is 24.0 Å². The van der Waals surface area contributed by atoms with Crippen LogP contribution in [0.5, 0.6) is 0 Å². The fourth-order valence-corrected chi connectivity index (χ4v) is 1.40. The Morgan fingerprint density at radius 3 is 2.87 bits per heavy atom. The molecule has 84 valence electrons. The zero-order chi connectivity index (χ0) is 11.3. The Morgan fingerprint density at radius 2 is 2.27 bits per heavy atom. The van der Waals surface area contributed by atoms with Gasteiger partial charge in [0.1, 0.15) is 0 Å². The lowest BCUT2D eigenvalue weighted by Crippen LogP contribution is -2.16. The van der Waals surface area contributed by atoms with Gasteiger partial charge in [0, 0.05) is 11.9 Å². The van der Waals surface area contributed by atoms with Crippen LogP contribution >= 0.6 is 0 Å². The van der Waals surface area contributed by atoms with Gasteiger partial charge >= 0.3 is 6.09 Å². The summed E-state index contributed by atoms with van der Waals surface area (Å²) in [4.78, 5) is 11.6. The third kappa shape index (κ3) is 3.11. The molecule has 0 aliphatic rings. The molecule has 0 fully saturated rings. The number of ether oxygens (including phenoxy) is 1. The number of hydrogen-bond donors (Lipinski definition) is 0. The second kappa shape index (κ2) is 5.59. The number of carbonyl (C=O) groups excluding carboxylic acids is 1. The van der Waals surface area contributed by atoms with Gasteiger partial charge < -0.3 is 4.74 Å². The predicted octanol–water partition coefficient (Wildman–Crippen LogP) is 3.40. The topological polar surface area (TPSA) is 31.2 Å². The zero-order valence-electron chi connectivity index (χ0n) is 9.69. The monoisotopic (exact) mass is 209 g/mol. The van der Waals surface area contributed by atoms with Crippen molar-refractivity contribution < 1.29 is 9.53 Å². The van der Waals surface area contributed by atoms with E-state index in [1.165, 1.54) is 0 Å². The Hall–Kier alpha value is -1.25. The minimum Gasteiger partial charge on any atom is -0.449 e. The van der Waals surface area contributed by atoms with E-state index in [9.17, 15) is 4.79 Å². The van der Waals surface area contributed by atoms with E-state index >= 15 is 0 Å². The molecule has 0 unspecified atom stereocenters. The summed E-state index contributed by atoms with van der Waals surface area (Å²) in [6.07, 6.45) is 3.45. The van der Waals surface area contributed by atoms with Crippen LogP contribution in [0.15, 0.2) is 18.3 Å². The minimum absolute atomic E-state index is 0.267. The Bertz CT molecular complexity index is 315. The van der Waals surface area contributed by atoms with Crippen LogP contribution in [-0.4, -0.2) is 17.3 Å². The maximum atomic E-state index is 11.6. The first-order valence-corrected chi connectivity index (χ1v) is 5.51. The average Bonchev–Trinajstić information content (AvgIpc) is 2.66. The molecule has 1 aromatic heterocycles. The van der Waals surface area contributed by atoms with Gasteiger partial charge in [-0.1, -0.05) is 27.2 Å². The summed E-state index contributed by atoms with van der Waals surface area (Å²) >= 11 is 0. The van der Waals surface area contributed by atoms with E-state index in [2.05, 4.69) is 20.8 Å². The Morgan fingerprint density at radius 1 is 1.53 bits per heavy atom. The first kappa shape index (κ1) is 11.8. The van der Waals surface area contributed by atoms with Crippen molar-refractivity contribution in [2.75, 3.05) is 6.61 Å². The molecule has 0 bridgehead atoms. The van der Waals surface area contributed by atoms with Crippen LogP contribution in [0.25, 0.3) is 0 Å². The minimum atomic E-state index is -0.267. The molecule has 3 nitrogen and oxygen atoms in total. The number of aromatic nitrogens is 1. The van der Waals surface area contributed by atoms with E-state index in [4.69, 9.17) is 4.74 Å². The van der Waals surface area contributed by atoms with Crippen molar-refractivity contribution in [2.24, 2.45) is 0 Å². The maximum Gasteiger partial charge on any atom is 0.418 e. The van der Waals surface area contributed by atoms with Gasteiger partial charge in [-0.3, -0.25) is 4.57 Å². The summed E-state index contributed by atoms with van der Waals surface area (Å²) < 4.78 is 6.73. The number of unbranched alkanes of at least 4 members (excludes halogenated alkanes) is 1. The maximum absolute atomic E-state index is 11.6. The van der Waals surface area contributed by atoms with Gasteiger partial charge in [-0.2, -0.15) is 0 Å². The van der Waals surface area contributed by atoms with Gasteiger partial charge in [-0.15, -0.1) is 0 Å². The fraction of sp³-hybridized carbons (Fsp3) is 0.583. The van der Waals surface area contributed by atoms with Gasteiger partial charge in [-0.25, -0.2) is 4.79 Å². The van der Waals surface area contributed by atoms with Crippen molar-refractivity contribution in [1.82, 2.24) is 4.57 Å². The highest BCUT2D eigenvalue weighted by Gasteiger charge is 2.12. The highest BCUT2D eigenvalue weighted by Crippen LogP contribution is 2.15. The SMILES string of the molecule is CCCCOC(=O)n1cccc1C(C)C. The van der Waals surface area contributed by atoms with E-state index in [1.807, 2.05) is 12.1 Å². The molecule has 1 heterocycles. The lowest BCUT2D eigenvalue weighted by atomic mass is 10.1. The summed E-state index contributed by atoms with van der Waals surface area (Å²) in [5, 5.41) is 0. The molecule has 1 rings (SSSR count). The smallest absolute Gasteiger partial charge is 0.418 e. The summed E-state index contributed by atoms with van der Waals surface area (Å²) in [6.45, 7) is 6.70. The number of carbonyl (C=O) groups is 1. The van der Waals surface area contributed by atoms with Gasteiger partial charge in [0.2, 0.25) is 0 Å². The largest absolute Gasteiger partial charge is 0.449 e. The van der Waals surface area contributed by atoms with E-state index in [-0.39, 0.29) is 6.09 Å². The molecule has 0 N–H and O–H groups in total. The van der Waals surface area contributed by atoms with E-state index < -0.39 is 0 Å². The number of hydrogen-bond acceptors (Lipinski definition) is 2. The van der Waals surface area contributed by atoms with Crippen molar-refractivity contribution in [2.45, 2.75) is 39.5 Å². The normalized spacial score (nSPS) is 10.7. The molecule has 0 aromatic carbocycles. The first-order chi connectivity index (χ1) is 7.16. The molecule has 3 heteroatoms. The quantitative estimate of drug-likeness (QED) is 0.712. The lowest BCUT2D eigenvalue weighted by molar-refractivity contribution is 0.145. The molecular weight excluding hydrogens is 190 g/mol. The van der Waals surface area contributed by atoms with Gasteiger partial charge in [-0.05, 0) is 24.5 Å². The van der Waals surface area contributed by atoms with Gasteiger partial charge in [0.05, 0.1) is 6.61 Å². The first-order valence-electron chi connectivity index (χ1n) is 5.51. The van der Waals surface area contributed by atoms with Crippen molar-refractivity contribution >= 4 is 6.09 Å². The molecule has 0 aliphatic carbocycles. The lowest BCUT2D eigenvalue weighted by Gasteiger charge is -2.10. The molecule has 0 atom stereocenters. The van der Waals surface area contributed by atoms with Crippen LogP contribution in [0.3, 0.4) is 0 Å². The van der Waals surface area contributed by atoms with E-state index in [0.717, 1.165) is 18.5 Å². The van der Waals surface area contributed by atoms with Gasteiger partial charge in [0.15, 0.2) is 0 Å². The summed E-state index contributed by atoms with van der Waals surface area (Å²) in [5.41, 5.74) is 0.997. The Balaban J connectivity index is 2.61. The molecule has 0 spiro atoms. The molecular formula is C12H19NO2. The van der Waals surface area contributed by atoms with Crippen LogP contribution in [-0.2, 0) is 4.74 Å². The molecule has 0 saturated heterocycles. The Labute approximate surface area is 91.0 Å². The third-order valence-electron chi connectivity index (χ3n) is 2.29. The number of rotatable bonds is 4. The van der Waals surface area contributed by atoms with Crippen molar-refractivity contribution in [3.63, 3.8) is 0 Å². The molecule has 1 aromatic rings. The highest BCUT2D eigenvalue weighted by atomic mass is 16.5. The van der Waals surface area contributed by atoms with Crippen molar-refractivity contribution in [1.29, 1.82) is 0 Å². The summed E-state index contributed by atoms with van der Waals surface area (Å²) in [6, 6.07) is 3.82. The van der Waals surface area contributed by atoms with Crippen LogP contribution in [0.2, 0.25) is 0 Å². The molecule has 0 amide bonds. The molecule has 0 aliphatic heterocycles. The second-order valence-electron chi connectivity index (χ2n) is 3.93. The van der Waals surface area contributed by atoms with Crippen molar-refractivity contribution in [3.8, 4) is 0 Å². The van der Waals surface area contributed by atoms with E-state index in [0.29, 0.717) is 12.5 Å². The average molecular weight is 209 g/mol. The fourth-order valence-electron chi connectivity index (χ4n) is 1.40. The van der Waals surface area contributed by atoms with Crippen LogP contribution in [0, 0.1) is 0 Å². The van der Waals surface area contributed by atoms with Gasteiger partial charge in [0.25, 0.3) is 0 Å². The molecule has 0 saturated carbocycles. The van der Waals surface area contributed by atoms with Crippen LogP contribution < -0.4 is 0 Å². The third-order valence-corrected chi connectivity index (χ3v) is 2.29. The molecule has 15 heavy (non-hydrogen) atoms. The standard InChI is InChI=1S/C12H19NO2/c1-4-5-9-15-12(14)13-8-6-7-11(13)10(2)3/h6-8,10H,4-5,9H2,1-3H3. The highest BCUT2D eigenvalue weighted by molar-refractivity contribution is 5.71. The zero-order valence-corrected chi connectivity index (χ0v) is 9.69. The summed E-state index contributed by atoms with van der Waals surface area (Å²) in [7, 11) is 0. The van der Waals surface area contributed by atoms with Crippen LogP contribution in [0.4, 0.5) is 4.79 Å². The molecule has 0 radical (unpaired) electrons. The van der Waals surface area contributed by atoms with E-state index in [1.54, 1.807) is 10.8 Å². The summed E-state index contributed by atoms with van der Waals surface area (Å²) in [5.74, 6) is 0.332. The second-order valence-corrected chi connectivity index (χ2v) is 3.93.